The highest BCUT2D eigenvalue weighted by Crippen LogP contribution is 2.49. The molecular weight excluding hydrogens is 443 g/mol. The van der Waals surface area contributed by atoms with E-state index in [2.05, 4.69) is 15.5 Å². The maximum Gasteiger partial charge on any atom is 0.418 e. The van der Waals surface area contributed by atoms with Crippen LogP contribution in [0.25, 0.3) is 0 Å². The van der Waals surface area contributed by atoms with Crippen molar-refractivity contribution in [1.29, 1.82) is 0 Å². The molecule has 8 heteroatoms. The second kappa shape index (κ2) is 11.0. The van der Waals surface area contributed by atoms with Gasteiger partial charge in [-0.2, -0.15) is 13.2 Å². The lowest BCUT2D eigenvalue weighted by Crippen LogP contribution is -2.33. The van der Waals surface area contributed by atoms with Crippen molar-refractivity contribution in [3.63, 3.8) is 0 Å². The molecule has 0 spiro atoms. The molecule has 0 atom stereocenters. The van der Waals surface area contributed by atoms with Gasteiger partial charge in [0.05, 0.1) is 16.7 Å². The third kappa shape index (κ3) is 7.32. The fourth-order valence-electron chi connectivity index (χ4n) is 3.92. The molecule has 1 amide bonds. The number of carbonyl (C=O) groups is 2. The number of halogens is 3. The number of ketones is 1. The second-order valence-corrected chi connectivity index (χ2v) is 9.30. The van der Waals surface area contributed by atoms with Gasteiger partial charge in [-0.25, -0.2) is 0 Å². The van der Waals surface area contributed by atoms with Crippen molar-refractivity contribution in [2.24, 2.45) is 5.41 Å². The highest BCUT2D eigenvalue weighted by atomic mass is 19.4. The van der Waals surface area contributed by atoms with E-state index >= 15 is 0 Å². The van der Waals surface area contributed by atoms with Crippen molar-refractivity contribution in [1.82, 2.24) is 10.2 Å². The molecule has 1 fully saturated rings. The molecule has 3 rings (SSSR count). The molecule has 0 radical (unpaired) electrons. The van der Waals surface area contributed by atoms with E-state index < -0.39 is 17.2 Å². The summed E-state index contributed by atoms with van der Waals surface area (Å²) >= 11 is 0. The molecule has 0 bridgehead atoms. The quantitative estimate of drug-likeness (QED) is 0.396. The largest absolute Gasteiger partial charge is 0.418 e. The minimum atomic E-state index is -4.44. The maximum absolute atomic E-state index is 13.2. The number of carbonyl (C=O) groups excluding carboxylic acids is 2. The van der Waals surface area contributed by atoms with E-state index in [1.165, 1.54) is 12.1 Å². The van der Waals surface area contributed by atoms with Crippen molar-refractivity contribution in [3.8, 4) is 0 Å². The Morgan fingerprint density at radius 2 is 1.68 bits per heavy atom. The zero-order chi connectivity index (χ0) is 24.8. The summed E-state index contributed by atoms with van der Waals surface area (Å²) in [5.41, 5.74) is 0.0343. The Balaban J connectivity index is 1.48. The lowest BCUT2D eigenvalue weighted by atomic mass is 9.95. The lowest BCUT2D eigenvalue weighted by Gasteiger charge is -2.16. The Hall–Kier alpha value is -2.87. The summed E-state index contributed by atoms with van der Waals surface area (Å²) in [4.78, 5) is 27.1. The fourth-order valence-corrected chi connectivity index (χ4v) is 3.92. The minimum Gasteiger partial charge on any atom is -0.355 e. The average Bonchev–Trinajstić information content (AvgIpc) is 3.56. The van der Waals surface area contributed by atoms with E-state index in [0.717, 1.165) is 43.9 Å². The first-order valence-corrected chi connectivity index (χ1v) is 11.6. The number of hydrogen-bond donors (Lipinski definition) is 2. The van der Waals surface area contributed by atoms with Crippen LogP contribution in [0.4, 0.5) is 24.5 Å². The van der Waals surface area contributed by atoms with Crippen molar-refractivity contribution in [2.75, 3.05) is 26.0 Å². The number of unbranched alkanes of at least 4 members (excludes halogenated alkanes) is 1. The Morgan fingerprint density at radius 3 is 2.29 bits per heavy atom. The van der Waals surface area contributed by atoms with Crippen molar-refractivity contribution in [2.45, 2.75) is 51.2 Å². The van der Waals surface area contributed by atoms with Crippen molar-refractivity contribution in [3.05, 3.63) is 59.7 Å². The molecule has 0 aliphatic heterocycles. The number of alkyl halides is 3. The van der Waals surface area contributed by atoms with Gasteiger partial charge < -0.3 is 15.5 Å². The summed E-state index contributed by atoms with van der Waals surface area (Å²) in [5.74, 6) is 0.0384. The average molecular weight is 476 g/mol. The van der Waals surface area contributed by atoms with Crippen molar-refractivity contribution < 1.29 is 22.8 Å². The topological polar surface area (TPSA) is 61.4 Å². The van der Waals surface area contributed by atoms with E-state index in [1.54, 1.807) is 30.3 Å². The summed E-state index contributed by atoms with van der Waals surface area (Å²) in [6.45, 7) is 1.25. The van der Waals surface area contributed by atoms with Crippen LogP contribution in [0.1, 0.15) is 49.7 Å². The van der Waals surface area contributed by atoms with E-state index in [4.69, 9.17) is 0 Å². The number of benzene rings is 2. The molecule has 1 aliphatic rings. The van der Waals surface area contributed by atoms with Gasteiger partial charge in [-0.1, -0.05) is 24.3 Å². The van der Waals surface area contributed by atoms with Crippen LogP contribution in [-0.4, -0.2) is 37.2 Å². The van der Waals surface area contributed by atoms with E-state index in [0.29, 0.717) is 25.1 Å². The first-order valence-electron chi connectivity index (χ1n) is 11.6. The number of anilines is 2. The molecule has 1 saturated carbocycles. The third-order valence-electron chi connectivity index (χ3n) is 6.10. The van der Waals surface area contributed by atoms with Crippen LogP contribution in [0.5, 0.6) is 0 Å². The zero-order valence-electron chi connectivity index (χ0n) is 19.7. The molecule has 184 valence electrons. The van der Waals surface area contributed by atoms with Gasteiger partial charge in [0, 0.05) is 25.1 Å². The molecule has 0 aromatic heterocycles. The smallest absolute Gasteiger partial charge is 0.355 e. The molecule has 2 aromatic rings. The molecular formula is C26H32F3N3O2. The first kappa shape index (κ1) is 25.7. The predicted octanol–water partition coefficient (Wildman–Crippen LogP) is 5.54. The molecule has 0 unspecified atom stereocenters. The van der Waals surface area contributed by atoms with Crippen LogP contribution < -0.4 is 10.6 Å². The monoisotopic (exact) mass is 475 g/mol. The number of nitrogens with one attached hydrogen (secondary N) is 2. The number of amides is 1. The standard InChI is InChI=1S/C26H32F3N3O2/c1-32(2)16-6-5-7-21(33)17-25(14-15-25)24(34)30-18-19-10-12-20(13-11-19)31-23-9-4-3-8-22(23)26(27,28)29/h3-4,8-13,31H,5-7,14-18H2,1-2H3,(H,30,34). The number of Topliss-reactive ketones (excluding diaryl/α,β-unsaturated/α-hetero) is 1. The number of rotatable bonds is 12. The molecule has 2 N–H and O–H groups in total. The van der Waals surface area contributed by atoms with Crippen LogP contribution in [0.3, 0.4) is 0 Å². The van der Waals surface area contributed by atoms with Gasteiger partial charge in [0.2, 0.25) is 5.91 Å². The number of para-hydroxylation sites is 1. The van der Waals surface area contributed by atoms with Gasteiger partial charge >= 0.3 is 6.18 Å². The number of nitrogens with zero attached hydrogens (tertiary/aromatic N) is 1. The zero-order valence-corrected chi connectivity index (χ0v) is 19.7. The number of hydrogen-bond acceptors (Lipinski definition) is 4. The summed E-state index contributed by atoms with van der Waals surface area (Å²) < 4.78 is 39.5. The van der Waals surface area contributed by atoms with E-state index in [9.17, 15) is 22.8 Å². The van der Waals surface area contributed by atoms with E-state index in [1.807, 2.05) is 14.1 Å². The van der Waals surface area contributed by atoms with Gasteiger partial charge in [-0.15, -0.1) is 0 Å². The van der Waals surface area contributed by atoms with Crippen LogP contribution in [0.15, 0.2) is 48.5 Å². The summed E-state index contributed by atoms with van der Waals surface area (Å²) in [5, 5.41) is 5.73. The van der Waals surface area contributed by atoms with Gasteiger partial charge in [0.15, 0.2) is 0 Å². The van der Waals surface area contributed by atoms with Gasteiger partial charge in [0.1, 0.15) is 5.78 Å². The summed E-state index contributed by atoms with van der Waals surface area (Å²) in [6.07, 6.45) is -0.391. The summed E-state index contributed by atoms with van der Waals surface area (Å²) in [6, 6.07) is 12.2. The predicted molar refractivity (Wildman–Crippen MR) is 127 cm³/mol. The third-order valence-corrected chi connectivity index (χ3v) is 6.10. The lowest BCUT2D eigenvalue weighted by molar-refractivity contribution is -0.137. The maximum atomic E-state index is 13.2. The Labute approximate surface area is 198 Å². The van der Waals surface area contributed by atoms with Crippen LogP contribution in [0, 0.1) is 5.41 Å². The van der Waals surface area contributed by atoms with Crippen LogP contribution in [-0.2, 0) is 22.3 Å². The Morgan fingerprint density at radius 1 is 1.00 bits per heavy atom. The summed E-state index contributed by atoms with van der Waals surface area (Å²) in [7, 11) is 4.00. The second-order valence-electron chi connectivity index (χ2n) is 9.30. The van der Waals surface area contributed by atoms with Crippen molar-refractivity contribution >= 4 is 23.1 Å². The molecule has 34 heavy (non-hydrogen) atoms. The van der Waals surface area contributed by atoms with Gasteiger partial charge in [-0.05, 0) is 76.2 Å². The molecule has 5 nitrogen and oxygen atoms in total. The van der Waals surface area contributed by atoms with Crippen LogP contribution >= 0.6 is 0 Å². The Bertz CT molecular complexity index is 984. The molecule has 0 heterocycles. The normalized spacial score (nSPS) is 14.6. The van der Waals surface area contributed by atoms with Gasteiger partial charge in [0.25, 0.3) is 0 Å². The minimum absolute atomic E-state index is 0.0156. The van der Waals surface area contributed by atoms with Gasteiger partial charge in [-0.3, -0.25) is 9.59 Å². The molecule has 2 aromatic carbocycles. The van der Waals surface area contributed by atoms with Crippen LogP contribution in [0.2, 0.25) is 0 Å². The fraction of sp³-hybridized carbons (Fsp3) is 0.462. The van der Waals surface area contributed by atoms with E-state index in [-0.39, 0.29) is 17.4 Å². The molecule has 1 aliphatic carbocycles. The SMILES string of the molecule is CN(C)CCCCC(=O)CC1(C(=O)NCc2ccc(Nc3ccccc3C(F)(F)F)cc2)CC1. The molecule has 0 saturated heterocycles. The first-order chi connectivity index (χ1) is 16.1. The highest BCUT2D eigenvalue weighted by Gasteiger charge is 2.50. The Kier molecular flexibility index (Phi) is 8.36. The highest BCUT2D eigenvalue weighted by molar-refractivity contribution is 5.91.